The van der Waals surface area contributed by atoms with E-state index in [1.165, 1.54) is 16.7 Å². The third-order valence-corrected chi connectivity index (χ3v) is 4.64. The van der Waals surface area contributed by atoms with Gasteiger partial charge in [-0.05, 0) is 42.3 Å². The average molecular weight is 293 g/mol. The Labute approximate surface area is 133 Å². The molecular formula is C20H23NO. The van der Waals surface area contributed by atoms with E-state index < -0.39 is 0 Å². The highest BCUT2D eigenvalue weighted by Crippen LogP contribution is 2.41. The number of hydrogen-bond acceptors (Lipinski definition) is 2. The number of ether oxygens (including phenoxy) is 1. The van der Waals surface area contributed by atoms with Gasteiger partial charge in [-0.25, -0.2) is 0 Å². The van der Waals surface area contributed by atoms with Crippen LogP contribution in [0.4, 0.5) is 0 Å². The summed E-state index contributed by atoms with van der Waals surface area (Å²) in [6, 6.07) is 17.7. The normalized spacial score (nSPS) is 20.0. The molecule has 0 unspecified atom stereocenters. The predicted octanol–water partition coefficient (Wildman–Crippen LogP) is 3.87. The van der Waals surface area contributed by atoms with Crippen molar-refractivity contribution in [1.82, 2.24) is 4.90 Å². The molecule has 0 spiro atoms. The van der Waals surface area contributed by atoms with Crippen molar-refractivity contribution in [2.45, 2.75) is 18.4 Å². The summed E-state index contributed by atoms with van der Waals surface area (Å²) in [6.07, 6.45) is 3.05. The fourth-order valence-electron chi connectivity index (χ4n) is 3.54. The number of methoxy groups -OCH3 is 1. The van der Waals surface area contributed by atoms with Crippen LogP contribution in [0, 0.1) is 0 Å². The summed E-state index contributed by atoms with van der Waals surface area (Å²) in [5.41, 5.74) is 4.19. The van der Waals surface area contributed by atoms with Gasteiger partial charge in [0.05, 0.1) is 7.11 Å². The summed E-state index contributed by atoms with van der Waals surface area (Å²) in [6.45, 7) is 4.79. The van der Waals surface area contributed by atoms with Crippen molar-refractivity contribution in [3.05, 3.63) is 77.9 Å². The lowest BCUT2D eigenvalue weighted by atomic mass is 9.89. The molecule has 0 N–H and O–H groups in total. The minimum atomic E-state index is 0.385. The fourth-order valence-corrected chi connectivity index (χ4v) is 3.54. The van der Waals surface area contributed by atoms with Crippen LogP contribution in [-0.2, 0) is 6.42 Å². The summed E-state index contributed by atoms with van der Waals surface area (Å²) in [5, 5.41) is 0. The Morgan fingerprint density at radius 2 is 2.00 bits per heavy atom. The van der Waals surface area contributed by atoms with Crippen molar-refractivity contribution in [1.29, 1.82) is 0 Å². The molecule has 0 amide bonds. The van der Waals surface area contributed by atoms with Gasteiger partial charge in [-0.1, -0.05) is 42.5 Å². The zero-order chi connectivity index (χ0) is 15.5. The second-order valence-corrected chi connectivity index (χ2v) is 5.95. The minimum absolute atomic E-state index is 0.385. The van der Waals surface area contributed by atoms with Gasteiger partial charge in [0.25, 0.3) is 0 Å². The van der Waals surface area contributed by atoms with Crippen LogP contribution >= 0.6 is 0 Å². The number of fused-ring (bicyclic) bond motifs is 1. The van der Waals surface area contributed by atoms with Gasteiger partial charge >= 0.3 is 0 Å². The van der Waals surface area contributed by atoms with E-state index in [2.05, 4.69) is 67.1 Å². The van der Waals surface area contributed by atoms with Crippen LogP contribution in [-0.4, -0.2) is 31.6 Å². The number of nitrogens with zero attached hydrogens (tertiary/aromatic N) is 1. The molecule has 3 rings (SSSR count). The number of hydrogen-bond donors (Lipinski definition) is 0. The standard InChI is InChI=1S/C20H23NO/c1-4-12-21(2)19-13-16-10-11-17(22-3)14-18(16)20(19)15-8-6-5-7-9-15/h4-11,14,19-20H,1,12-13H2,2-3H3/t19-,20-/m1/s1. The van der Waals surface area contributed by atoms with Crippen molar-refractivity contribution in [2.75, 3.05) is 20.7 Å². The lowest BCUT2D eigenvalue weighted by Crippen LogP contribution is -2.35. The number of likely N-dealkylation sites (N-methyl/N-ethyl adjacent to an activating group) is 1. The van der Waals surface area contributed by atoms with Gasteiger partial charge in [-0.15, -0.1) is 6.58 Å². The Balaban J connectivity index is 2.05. The van der Waals surface area contributed by atoms with Crippen LogP contribution in [0.1, 0.15) is 22.6 Å². The molecule has 0 saturated heterocycles. The zero-order valence-electron chi connectivity index (χ0n) is 13.3. The lowest BCUT2D eigenvalue weighted by molar-refractivity contribution is 0.256. The summed E-state index contributed by atoms with van der Waals surface area (Å²) < 4.78 is 5.44. The maximum absolute atomic E-state index is 5.44. The molecular weight excluding hydrogens is 270 g/mol. The summed E-state index contributed by atoms with van der Waals surface area (Å²) in [7, 11) is 3.92. The summed E-state index contributed by atoms with van der Waals surface area (Å²) in [4.78, 5) is 2.40. The van der Waals surface area contributed by atoms with Gasteiger partial charge in [0, 0.05) is 18.5 Å². The van der Waals surface area contributed by atoms with Crippen LogP contribution in [0.3, 0.4) is 0 Å². The Bertz CT molecular complexity index is 650. The zero-order valence-corrected chi connectivity index (χ0v) is 13.3. The maximum atomic E-state index is 5.44. The number of benzene rings is 2. The molecule has 0 radical (unpaired) electrons. The molecule has 114 valence electrons. The van der Waals surface area contributed by atoms with E-state index in [1.54, 1.807) is 7.11 Å². The maximum Gasteiger partial charge on any atom is 0.119 e. The van der Waals surface area contributed by atoms with Gasteiger partial charge in [-0.3, -0.25) is 4.90 Å². The van der Waals surface area contributed by atoms with Crippen LogP contribution in [0.5, 0.6) is 5.75 Å². The molecule has 0 saturated carbocycles. The average Bonchev–Trinajstić information content (AvgIpc) is 2.94. The number of rotatable bonds is 5. The topological polar surface area (TPSA) is 12.5 Å². The first kappa shape index (κ1) is 14.9. The Morgan fingerprint density at radius 1 is 1.23 bits per heavy atom. The first-order valence-electron chi connectivity index (χ1n) is 7.77. The van der Waals surface area contributed by atoms with E-state index >= 15 is 0 Å². The van der Waals surface area contributed by atoms with Gasteiger partial charge in [-0.2, -0.15) is 0 Å². The third-order valence-electron chi connectivity index (χ3n) is 4.64. The minimum Gasteiger partial charge on any atom is -0.497 e. The fraction of sp³-hybridized carbons (Fsp3) is 0.300. The highest BCUT2D eigenvalue weighted by molar-refractivity contribution is 5.48. The smallest absolute Gasteiger partial charge is 0.119 e. The monoisotopic (exact) mass is 293 g/mol. The van der Waals surface area contributed by atoms with Gasteiger partial charge in [0.2, 0.25) is 0 Å². The third kappa shape index (κ3) is 2.67. The van der Waals surface area contributed by atoms with Crippen molar-refractivity contribution < 1.29 is 4.74 Å². The molecule has 1 aliphatic carbocycles. The van der Waals surface area contributed by atoms with Crippen LogP contribution < -0.4 is 4.74 Å². The molecule has 0 aromatic heterocycles. The van der Waals surface area contributed by atoms with Crippen LogP contribution in [0.2, 0.25) is 0 Å². The molecule has 1 aliphatic rings. The van der Waals surface area contributed by atoms with Crippen molar-refractivity contribution in [3.8, 4) is 5.75 Å². The molecule has 2 heteroatoms. The van der Waals surface area contributed by atoms with E-state index in [9.17, 15) is 0 Å². The highest BCUT2D eigenvalue weighted by Gasteiger charge is 2.35. The lowest BCUT2D eigenvalue weighted by Gasteiger charge is -2.29. The molecule has 2 atom stereocenters. The first-order chi connectivity index (χ1) is 10.7. The van der Waals surface area contributed by atoms with Crippen LogP contribution in [0.15, 0.2) is 61.2 Å². The van der Waals surface area contributed by atoms with E-state index in [0.717, 1.165) is 18.7 Å². The quantitative estimate of drug-likeness (QED) is 0.776. The highest BCUT2D eigenvalue weighted by atomic mass is 16.5. The van der Waals surface area contributed by atoms with Gasteiger partial charge < -0.3 is 4.74 Å². The largest absolute Gasteiger partial charge is 0.497 e. The Hall–Kier alpha value is -2.06. The molecule has 0 heterocycles. The summed E-state index contributed by atoms with van der Waals surface area (Å²) in [5.74, 6) is 1.32. The molecule has 2 aromatic carbocycles. The predicted molar refractivity (Wildman–Crippen MR) is 91.6 cm³/mol. The Kier molecular flexibility index (Phi) is 4.30. The van der Waals surface area contributed by atoms with E-state index in [-0.39, 0.29) is 0 Å². The van der Waals surface area contributed by atoms with E-state index in [1.807, 2.05) is 6.08 Å². The van der Waals surface area contributed by atoms with Gasteiger partial charge in [0.15, 0.2) is 0 Å². The first-order valence-corrected chi connectivity index (χ1v) is 7.77. The second-order valence-electron chi connectivity index (χ2n) is 5.95. The van der Waals surface area contributed by atoms with E-state index in [4.69, 9.17) is 4.74 Å². The SMILES string of the molecule is C=CCN(C)[C@@H]1Cc2ccc(OC)cc2[C@H]1c1ccccc1. The van der Waals surface area contributed by atoms with Crippen LogP contribution in [0.25, 0.3) is 0 Å². The van der Waals surface area contributed by atoms with Gasteiger partial charge in [0.1, 0.15) is 5.75 Å². The molecule has 2 nitrogen and oxygen atoms in total. The van der Waals surface area contributed by atoms with Crippen molar-refractivity contribution in [2.24, 2.45) is 0 Å². The molecule has 22 heavy (non-hydrogen) atoms. The molecule has 0 fully saturated rings. The Morgan fingerprint density at radius 3 is 2.68 bits per heavy atom. The van der Waals surface area contributed by atoms with Crippen molar-refractivity contribution in [3.63, 3.8) is 0 Å². The molecule has 0 aliphatic heterocycles. The second kappa shape index (κ2) is 6.37. The van der Waals surface area contributed by atoms with E-state index in [0.29, 0.717) is 12.0 Å². The summed E-state index contributed by atoms with van der Waals surface area (Å²) >= 11 is 0. The van der Waals surface area contributed by atoms with Crippen molar-refractivity contribution >= 4 is 0 Å². The molecule has 0 bridgehead atoms. The molecule has 2 aromatic rings.